The number of piperidine rings is 2. The third-order valence-electron chi connectivity index (χ3n) is 6.16. The number of fused-ring (bicyclic) bond motifs is 2. The molecule has 5 nitrogen and oxygen atoms in total. The molecular formula is C21H29N3O2. The highest BCUT2D eigenvalue weighted by Gasteiger charge is 2.35. The predicted molar refractivity (Wildman–Crippen MR) is 102 cm³/mol. The van der Waals surface area contributed by atoms with Crippen molar-refractivity contribution in [2.45, 2.75) is 70.0 Å². The van der Waals surface area contributed by atoms with E-state index in [9.17, 15) is 9.59 Å². The Morgan fingerprint density at radius 3 is 2.54 bits per heavy atom. The molecule has 3 unspecified atom stereocenters. The second-order valence-electron chi connectivity index (χ2n) is 8.27. The number of aryl methyl sites for hydroxylation is 1. The second-order valence-corrected chi connectivity index (χ2v) is 8.27. The van der Waals surface area contributed by atoms with E-state index in [0.717, 1.165) is 37.9 Å². The van der Waals surface area contributed by atoms with E-state index in [1.807, 2.05) is 36.1 Å². The fourth-order valence-electron chi connectivity index (χ4n) is 4.85. The van der Waals surface area contributed by atoms with E-state index in [1.165, 1.54) is 18.4 Å². The van der Waals surface area contributed by atoms with Crippen LogP contribution in [-0.4, -0.2) is 36.5 Å². The molecule has 3 aliphatic rings. The van der Waals surface area contributed by atoms with Gasteiger partial charge < -0.3 is 15.5 Å². The summed E-state index contributed by atoms with van der Waals surface area (Å²) in [5.41, 5.74) is 2.11. The van der Waals surface area contributed by atoms with Crippen LogP contribution in [0.4, 0.5) is 5.69 Å². The normalized spacial score (nSPS) is 31.1. The molecule has 4 rings (SSSR count). The molecular weight excluding hydrogens is 326 g/mol. The minimum Gasteiger partial charge on any atom is -0.344 e. The summed E-state index contributed by atoms with van der Waals surface area (Å²) in [5.74, 6) is 0.528. The number of carbonyl (C=O) groups excluding carboxylic acids is 2. The predicted octanol–water partition coefficient (Wildman–Crippen LogP) is 2.53. The Balaban J connectivity index is 1.34. The first-order chi connectivity index (χ1) is 12.6. The average molecular weight is 355 g/mol. The maximum Gasteiger partial charge on any atom is 0.249 e. The van der Waals surface area contributed by atoms with E-state index in [1.54, 1.807) is 0 Å². The van der Waals surface area contributed by atoms with E-state index < -0.39 is 0 Å². The summed E-state index contributed by atoms with van der Waals surface area (Å²) >= 11 is 0. The summed E-state index contributed by atoms with van der Waals surface area (Å²) < 4.78 is 0. The molecule has 2 bridgehead atoms. The molecule has 0 aliphatic carbocycles. The standard InChI is InChI=1S/C21H29N3O2/c1-14-4-8-18(9-5-14)24-10-2-3-19(21(24)26)23-20(25)13-15-11-16-6-7-17(12-15)22-16/h4-5,8-9,15-17,19,22H,2-3,6-7,10-13H2,1H3,(H,23,25). The van der Waals surface area contributed by atoms with Crippen LogP contribution in [0.5, 0.6) is 0 Å². The molecule has 5 heteroatoms. The van der Waals surface area contributed by atoms with E-state index >= 15 is 0 Å². The van der Waals surface area contributed by atoms with Gasteiger partial charge in [-0.1, -0.05) is 17.7 Å². The van der Waals surface area contributed by atoms with Gasteiger partial charge >= 0.3 is 0 Å². The van der Waals surface area contributed by atoms with Gasteiger partial charge in [0.05, 0.1) is 0 Å². The lowest BCUT2D eigenvalue weighted by atomic mass is 9.89. The van der Waals surface area contributed by atoms with Crippen LogP contribution >= 0.6 is 0 Å². The molecule has 3 aliphatic heterocycles. The number of nitrogens with zero attached hydrogens (tertiary/aromatic N) is 1. The molecule has 140 valence electrons. The lowest BCUT2D eigenvalue weighted by Crippen LogP contribution is -2.53. The highest BCUT2D eigenvalue weighted by Crippen LogP contribution is 2.32. The molecule has 3 fully saturated rings. The van der Waals surface area contributed by atoms with Crippen LogP contribution in [0.25, 0.3) is 0 Å². The third-order valence-corrected chi connectivity index (χ3v) is 6.16. The van der Waals surface area contributed by atoms with Crippen LogP contribution < -0.4 is 15.5 Å². The number of carbonyl (C=O) groups is 2. The molecule has 0 radical (unpaired) electrons. The number of benzene rings is 1. The molecule has 1 aromatic rings. The van der Waals surface area contributed by atoms with Crippen molar-refractivity contribution in [1.29, 1.82) is 0 Å². The Morgan fingerprint density at radius 2 is 1.85 bits per heavy atom. The molecule has 0 aromatic heterocycles. The number of anilines is 1. The SMILES string of the molecule is Cc1ccc(N2CCCC(NC(=O)CC3CC4CCC(C3)N4)C2=O)cc1. The van der Waals surface area contributed by atoms with Gasteiger partial charge in [0, 0.05) is 30.7 Å². The van der Waals surface area contributed by atoms with Crippen molar-refractivity contribution in [3.63, 3.8) is 0 Å². The second kappa shape index (κ2) is 7.39. The Morgan fingerprint density at radius 1 is 1.15 bits per heavy atom. The molecule has 2 N–H and O–H groups in total. The smallest absolute Gasteiger partial charge is 0.249 e. The van der Waals surface area contributed by atoms with Gasteiger partial charge in [0.25, 0.3) is 0 Å². The minimum absolute atomic E-state index is 0.0267. The third kappa shape index (κ3) is 3.78. The molecule has 26 heavy (non-hydrogen) atoms. The Labute approximate surface area is 155 Å². The van der Waals surface area contributed by atoms with Crippen molar-refractivity contribution in [3.8, 4) is 0 Å². The van der Waals surface area contributed by atoms with Crippen LogP contribution in [0.3, 0.4) is 0 Å². The summed E-state index contributed by atoms with van der Waals surface area (Å²) in [4.78, 5) is 27.2. The van der Waals surface area contributed by atoms with E-state index in [0.29, 0.717) is 24.4 Å². The maximum absolute atomic E-state index is 12.9. The molecule has 3 atom stereocenters. The van der Waals surface area contributed by atoms with Crippen molar-refractivity contribution < 1.29 is 9.59 Å². The summed E-state index contributed by atoms with van der Waals surface area (Å²) in [6.07, 6.45) is 6.90. The monoisotopic (exact) mass is 355 g/mol. The molecule has 3 heterocycles. The summed E-state index contributed by atoms with van der Waals surface area (Å²) in [6.45, 7) is 2.77. The van der Waals surface area contributed by atoms with Gasteiger partial charge in [0.1, 0.15) is 6.04 Å². The highest BCUT2D eigenvalue weighted by molar-refractivity contribution is 5.99. The van der Waals surface area contributed by atoms with Gasteiger partial charge in [-0.15, -0.1) is 0 Å². The Hall–Kier alpha value is -1.88. The fraction of sp³-hybridized carbons (Fsp3) is 0.619. The van der Waals surface area contributed by atoms with Crippen molar-refractivity contribution in [2.24, 2.45) is 5.92 Å². The minimum atomic E-state index is -0.379. The van der Waals surface area contributed by atoms with Crippen molar-refractivity contribution in [1.82, 2.24) is 10.6 Å². The van der Waals surface area contributed by atoms with Crippen LogP contribution in [0.2, 0.25) is 0 Å². The van der Waals surface area contributed by atoms with Gasteiger partial charge in [-0.25, -0.2) is 0 Å². The van der Waals surface area contributed by atoms with Gasteiger partial charge in [-0.05, 0) is 63.5 Å². The molecule has 0 saturated carbocycles. The Kier molecular flexibility index (Phi) is 4.98. The quantitative estimate of drug-likeness (QED) is 0.872. The summed E-state index contributed by atoms with van der Waals surface area (Å²) in [5, 5.41) is 6.64. The Bertz CT molecular complexity index is 660. The zero-order valence-corrected chi connectivity index (χ0v) is 15.5. The van der Waals surface area contributed by atoms with Crippen LogP contribution in [0.1, 0.15) is 50.5 Å². The lowest BCUT2D eigenvalue weighted by molar-refractivity contribution is -0.129. The van der Waals surface area contributed by atoms with Crippen LogP contribution in [0.15, 0.2) is 24.3 Å². The van der Waals surface area contributed by atoms with E-state index in [2.05, 4.69) is 10.6 Å². The van der Waals surface area contributed by atoms with Gasteiger partial charge in [-0.3, -0.25) is 9.59 Å². The summed E-state index contributed by atoms with van der Waals surface area (Å²) in [7, 11) is 0. The van der Waals surface area contributed by atoms with Crippen molar-refractivity contribution in [3.05, 3.63) is 29.8 Å². The molecule has 1 aromatic carbocycles. The first-order valence-electron chi connectivity index (χ1n) is 10.0. The number of rotatable bonds is 4. The van der Waals surface area contributed by atoms with E-state index in [-0.39, 0.29) is 17.9 Å². The molecule has 0 spiro atoms. The maximum atomic E-state index is 12.9. The first-order valence-corrected chi connectivity index (χ1v) is 10.0. The highest BCUT2D eigenvalue weighted by atomic mass is 16.2. The molecule has 3 saturated heterocycles. The van der Waals surface area contributed by atoms with Gasteiger partial charge in [0.15, 0.2) is 0 Å². The van der Waals surface area contributed by atoms with Crippen LogP contribution in [-0.2, 0) is 9.59 Å². The first kappa shape index (κ1) is 17.5. The zero-order chi connectivity index (χ0) is 18.1. The fourth-order valence-corrected chi connectivity index (χ4v) is 4.85. The van der Waals surface area contributed by atoms with Crippen molar-refractivity contribution >= 4 is 17.5 Å². The summed E-state index contributed by atoms with van der Waals surface area (Å²) in [6, 6.07) is 8.84. The average Bonchev–Trinajstić information content (AvgIpc) is 2.96. The largest absolute Gasteiger partial charge is 0.344 e. The topological polar surface area (TPSA) is 61.4 Å². The van der Waals surface area contributed by atoms with Crippen molar-refractivity contribution in [2.75, 3.05) is 11.4 Å². The zero-order valence-electron chi connectivity index (χ0n) is 15.5. The number of amides is 2. The lowest BCUT2D eigenvalue weighted by Gasteiger charge is -2.33. The number of hydrogen-bond acceptors (Lipinski definition) is 3. The number of hydrogen-bond donors (Lipinski definition) is 2. The van der Waals surface area contributed by atoms with Crippen LogP contribution in [0, 0.1) is 12.8 Å². The van der Waals surface area contributed by atoms with E-state index in [4.69, 9.17) is 0 Å². The van der Waals surface area contributed by atoms with Gasteiger partial charge in [-0.2, -0.15) is 0 Å². The molecule has 2 amide bonds. The number of nitrogens with one attached hydrogen (secondary N) is 2. The van der Waals surface area contributed by atoms with Gasteiger partial charge in [0.2, 0.25) is 11.8 Å².